The van der Waals surface area contributed by atoms with E-state index in [-0.39, 0.29) is 24.7 Å². The van der Waals surface area contributed by atoms with Gasteiger partial charge in [-0.3, -0.25) is 9.59 Å². The van der Waals surface area contributed by atoms with Crippen molar-refractivity contribution in [1.29, 1.82) is 0 Å². The fourth-order valence-electron chi connectivity index (χ4n) is 3.38. The van der Waals surface area contributed by atoms with E-state index < -0.39 is 0 Å². The minimum atomic E-state index is -0.151. The van der Waals surface area contributed by atoms with Gasteiger partial charge in [-0.1, -0.05) is 0 Å². The molecule has 0 aliphatic carbocycles. The van der Waals surface area contributed by atoms with Gasteiger partial charge in [0.2, 0.25) is 11.8 Å². The third-order valence-electron chi connectivity index (χ3n) is 5.15. The Kier molecular flexibility index (Phi) is 7.03. The van der Waals surface area contributed by atoms with E-state index in [1.807, 2.05) is 17.8 Å². The average molecular weight is 402 g/mol. The maximum Gasteiger partial charge on any atom is 0.222 e. The number of hydrogen-bond donors (Lipinski definition) is 2. The van der Waals surface area contributed by atoms with Crippen molar-refractivity contribution in [3.05, 3.63) is 18.0 Å². The second-order valence-electron chi connectivity index (χ2n) is 7.45. The number of aryl methyl sites for hydroxylation is 1. The van der Waals surface area contributed by atoms with E-state index in [0.717, 1.165) is 54.9 Å². The Morgan fingerprint density at radius 2 is 2.00 bits per heavy atom. The van der Waals surface area contributed by atoms with Crippen LogP contribution in [0.3, 0.4) is 0 Å². The van der Waals surface area contributed by atoms with E-state index >= 15 is 0 Å². The molecule has 2 aromatic heterocycles. The second kappa shape index (κ2) is 9.69. The smallest absolute Gasteiger partial charge is 0.222 e. The number of nitrogens with one attached hydrogen (secondary N) is 2. The number of aromatic nitrogens is 3. The molecule has 0 unspecified atom stereocenters. The fourth-order valence-corrected chi connectivity index (χ4v) is 3.38. The predicted molar refractivity (Wildman–Crippen MR) is 110 cm³/mol. The Morgan fingerprint density at radius 3 is 2.69 bits per heavy atom. The molecule has 0 atom stereocenters. The lowest BCUT2D eigenvalue weighted by atomic mass is 10.1. The van der Waals surface area contributed by atoms with E-state index in [4.69, 9.17) is 4.74 Å². The molecule has 1 aliphatic heterocycles. The third kappa shape index (κ3) is 5.23. The molecule has 9 heteroatoms. The van der Waals surface area contributed by atoms with Gasteiger partial charge in [0, 0.05) is 71.0 Å². The van der Waals surface area contributed by atoms with Crippen LogP contribution in [0.25, 0.3) is 11.0 Å². The van der Waals surface area contributed by atoms with Crippen LogP contribution in [0.4, 0.5) is 5.69 Å². The van der Waals surface area contributed by atoms with E-state index in [0.29, 0.717) is 12.6 Å². The standard InChI is InChI=1S/C20H30N6O3/c1-4-26-20-16(13-23-26)19(24-15-7-9-29-10-8-15)14(12-22-20)11-21-17(27)5-6-18(28)25(2)3/h12-13,15H,4-11H2,1-3H3,(H,21,27)(H,22,24). The molecule has 2 N–H and O–H groups in total. The van der Waals surface area contributed by atoms with Crippen LogP contribution < -0.4 is 10.6 Å². The fraction of sp³-hybridized carbons (Fsp3) is 0.600. The SMILES string of the molecule is CCn1ncc2c(NC3CCOCC3)c(CNC(=O)CCC(=O)N(C)C)cnc21. The summed E-state index contributed by atoms with van der Waals surface area (Å²) >= 11 is 0. The lowest BCUT2D eigenvalue weighted by Crippen LogP contribution is -2.30. The summed E-state index contributed by atoms with van der Waals surface area (Å²) in [5, 5.41) is 11.9. The van der Waals surface area contributed by atoms with E-state index in [2.05, 4.69) is 20.7 Å². The Labute approximate surface area is 170 Å². The van der Waals surface area contributed by atoms with Crippen molar-refractivity contribution >= 4 is 28.5 Å². The van der Waals surface area contributed by atoms with Gasteiger partial charge in [0.1, 0.15) is 0 Å². The van der Waals surface area contributed by atoms with Gasteiger partial charge >= 0.3 is 0 Å². The van der Waals surface area contributed by atoms with Gasteiger partial charge in [0.15, 0.2) is 5.65 Å². The molecule has 0 saturated carbocycles. The molecule has 0 bridgehead atoms. The number of amides is 2. The summed E-state index contributed by atoms with van der Waals surface area (Å²) in [6, 6.07) is 0.312. The van der Waals surface area contributed by atoms with Crippen LogP contribution in [-0.2, 0) is 27.4 Å². The van der Waals surface area contributed by atoms with Crippen LogP contribution in [-0.4, -0.2) is 64.8 Å². The molecule has 3 heterocycles. The molecule has 29 heavy (non-hydrogen) atoms. The van der Waals surface area contributed by atoms with Gasteiger partial charge in [-0.15, -0.1) is 0 Å². The highest BCUT2D eigenvalue weighted by Crippen LogP contribution is 2.28. The van der Waals surface area contributed by atoms with Gasteiger partial charge < -0.3 is 20.3 Å². The van der Waals surface area contributed by atoms with Crippen molar-refractivity contribution in [3.63, 3.8) is 0 Å². The average Bonchev–Trinajstić information content (AvgIpc) is 3.15. The molecule has 0 spiro atoms. The molecule has 0 aromatic carbocycles. The Morgan fingerprint density at radius 1 is 1.24 bits per heavy atom. The highest BCUT2D eigenvalue weighted by molar-refractivity contribution is 5.91. The van der Waals surface area contributed by atoms with Crippen LogP contribution in [0.2, 0.25) is 0 Å². The zero-order valence-corrected chi connectivity index (χ0v) is 17.4. The first kappa shape index (κ1) is 21.0. The highest BCUT2D eigenvalue weighted by atomic mass is 16.5. The summed E-state index contributed by atoms with van der Waals surface area (Å²) < 4.78 is 7.32. The quantitative estimate of drug-likeness (QED) is 0.694. The van der Waals surface area contributed by atoms with Crippen molar-refractivity contribution in [2.75, 3.05) is 32.6 Å². The Balaban J connectivity index is 1.74. The van der Waals surface area contributed by atoms with Crippen molar-refractivity contribution < 1.29 is 14.3 Å². The number of carbonyl (C=O) groups excluding carboxylic acids is 2. The number of nitrogens with zero attached hydrogens (tertiary/aromatic N) is 4. The summed E-state index contributed by atoms with van der Waals surface area (Å²) in [6.07, 6.45) is 5.86. The van der Waals surface area contributed by atoms with Crippen LogP contribution in [0.1, 0.15) is 38.2 Å². The zero-order valence-electron chi connectivity index (χ0n) is 17.4. The molecule has 0 radical (unpaired) electrons. The monoisotopic (exact) mass is 402 g/mol. The first-order valence-electron chi connectivity index (χ1n) is 10.1. The minimum Gasteiger partial charge on any atom is -0.381 e. The maximum atomic E-state index is 12.2. The lowest BCUT2D eigenvalue weighted by Gasteiger charge is -2.25. The van der Waals surface area contributed by atoms with Crippen molar-refractivity contribution in [2.45, 2.75) is 51.7 Å². The molecule has 9 nitrogen and oxygen atoms in total. The predicted octanol–water partition coefficient (Wildman–Crippen LogP) is 1.53. The number of fused-ring (bicyclic) bond motifs is 1. The largest absolute Gasteiger partial charge is 0.381 e. The Hall–Kier alpha value is -2.68. The summed E-state index contributed by atoms with van der Waals surface area (Å²) in [5.74, 6) is -0.210. The molecule has 158 valence electrons. The number of ether oxygens (including phenoxy) is 1. The molecule has 1 aliphatic rings. The van der Waals surface area contributed by atoms with Crippen molar-refractivity contribution in [2.24, 2.45) is 0 Å². The number of pyridine rings is 1. The third-order valence-corrected chi connectivity index (χ3v) is 5.15. The van der Waals surface area contributed by atoms with Gasteiger partial charge in [-0.05, 0) is 19.8 Å². The molecule has 3 rings (SSSR count). The van der Waals surface area contributed by atoms with Gasteiger partial charge in [-0.25, -0.2) is 9.67 Å². The minimum absolute atomic E-state index is 0.0583. The molecule has 1 fully saturated rings. The highest BCUT2D eigenvalue weighted by Gasteiger charge is 2.19. The zero-order chi connectivity index (χ0) is 20.8. The first-order chi connectivity index (χ1) is 14.0. The summed E-state index contributed by atoms with van der Waals surface area (Å²) in [5.41, 5.74) is 2.70. The summed E-state index contributed by atoms with van der Waals surface area (Å²) in [6.45, 7) is 4.60. The number of anilines is 1. The molecule has 1 saturated heterocycles. The molecule has 2 amide bonds. The van der Waals surface area contributed by atoms with Crippen LogP contribution in [0.15, 0.2) is 12.4 Å². The number of rotatable bonds is 8. The second-order valence-corrected chi connectivity index (χ2v) is 7.45. The first-order valence-corrected chi connectivity index (χ1v) is 10.1. The number of carbonyl (C=O) groups is 2. The topological polar surface area (TPSA) is 101 Å². The van der Waals surface area contributed by atoms with E-state index in [1.54, 1.807) is 20.3 Å². The van der Waals surface area contributed by atoms with Crippen LogP contribution in [0.5, 0.6) is 0 Å². The van der Waals surface area contributed by atoms with E-state index in [9.17, 15) is 9.59 Å². The summed E-state index contributed by atoms with van der Waals surface area (Å²) in [4.78, 5) is 29.9. The summed E-state index contributed by atoms with van der Waals surface area (Å²) in [7, 11) is 3.37. The molecular formula is C20H30N6O3. The Bertz CT molecular complexity index is 857. The van der Waals surface area contributed by atoms with Crippen molar-refractivity contribution in [1.82, 2.24) is 25.0 Å². The van der Waals surface area contributed by atoms with E-state index in [1.165, 1.54) is 4.90 Å². The van der Waals surface area contributed by atoms with Gasteiger partial charge in [0.25, 0.3) is 0 Å². The normalized spacial score (nSPS) is 14.7. The molecular weight excluding hydrogens is 372 g/mol. The lowest BCUT2D eigenvalue weighted by molar-refractivity contribution is -0.131. The molecule has 2 aromatic rings. The maximum absolute atomic E-state index is 12.2. The van der Waals surface area contributed by atoms with Crippen molar-refractivity contribution in [3.8, 4) is 0 Å². The van der Waals surface area contributed by atoms with Gasteiger partial charge in [-0.2, -0.15) is 5.10 Å². The van der Waals surface area contributed by atoms with Gasteiger partial charge in [0.05, 0.1) is 17.3 Å². The number of hydrogen-bond acceptors (Lipinski definition) is 6. The van der Waals surface area contributed by atoms with Crippen LogP contribution in [0, 0.1) is 0 Å². The van der Waals surface area contributed by atoms with Crippen LogP contribution >= 0.6 is 0 Å².